The van der Waals surface area contributed by atoms with Gasteiger partial charge in [0.1, 0.15) is 34.6 Å². The number of carbonyl (C=O) groups excluding carboxylic acids is 2. The SMILES string of the molecule is COc1ccc(-c2nc(C(=O)NCc3ccc(F)cc3F)c([C@H](CO)N(O)C(=O)C=CC(=O)O)o2)c2ccc(C(F)(F)F)nc12. The van der Waals surface area contributed by atoms with Crippen molar-refractivity contribution in [3.63, 3.8) is 0 Å². The lowest BCUT2D eigenvalue weighted by molar-refractivity contribution is -0.176. The van der Waals surface area contributed by atoms with Crippen LogP contribution in [-0.4, -0.2) is 62.0 Å². The lowest BCUT2D eigenvalue weighted by Crippen LogP contribution is -2.34. The van der Waals surface area contributed by atoms with Crippen LogP contribution in [0.1, 0.15) is 33.5 Å². The van der Waals surface area contributed by atoms with Crippen LogP contribution < -0.4 is 10.1 Å². The van der Waals surface area contributed by atoms with Crippen LogP contribution in [0.25, 0.3) is 22.4 Å². The smallest absolute Gasteiger partial charge is 0.433 e. The van der Waals surface area contributed by atoms with Crippen molar-refractivity contribution in [2.45, 2.75) is 18.8 Å². The van der Waals surface area contributed by atoms with Crippen LogP contribution in [0.2, 0.25) is 0 Å². The summed E-state index contributed by atoms with van der Waals surface area (Å²) in [5.74, 6) is -7.00. The molecular weight excluding hydrogens is 615 g/mol. The van der Waals surface area contributed by atoms with Crippen LogP contribution in [0, 0.1) is 11.6 Å². The Hall–Kier alpha value is -5.42. The number of halogens is 5. The molecule has 17 heteroatoms. The third-order valence-electron chi connectivity index (χ3n) is 6.25. The van der Waals surface area contributed by atoms with Crippen LogP contribution in [0.3, 0.4) is 0 Å². The minimum atomic E-state index is -4.80. The number of hydroxylamine groups is 2. The largest absolute Gasteiger partial charge is 0.494 e. The van der Waals surface area contributed by atoms with Gasteiger partial charge in [0.05, 0.1) is 13.7 Å². The van der Waals surface area contributed by atoms with Gasteiger partial charge in [-0.1, -0.05) is 6.07 Å². The minimum Gasteiger partial charge on any atom is -0.494 e. The van der Waals surface area contributed by atoms with Crippen molar-refractivity contribution in [1.29, 1.82) is 0 Å². The molecule has 0 fully saturated rings. The van der Waals surface area contributed by atoms with Gasteiger partial charge in [-0.15, -0.1) is 0 Å². The topological polar surface area (TPSA) is 175 Å². The molecule has 0 bridgehead atoms. The van der Waals surface area contributed by atoms with Gasteiger partial charge in [0, 0.05) is 41.3 Å². The van der Waals surface area contributed by atoms with E-state index in [2.05, 4.69) is 15.3 Å². The zero-order chi connectivity index (χ0) is 33.1. The summed E-state index contributed by atoms with van der Waals surface area (Å²) in [7, 11) is 1.20. The van der Waals surface area contributed by atoms with Gasteiger partial charge in [-0.2, -0.15) is 13.2 Å². The fourth-order valence-electron chi connectivity index (χ4n) is 4.10. The van der Waals surface area contributed by atoms with E-state index in [0.717, 1.165) is 18.2 Å². The van der Waals surface area contributed by atoms with Crippen molar-refractivity contribution in [2.24, 2.45) is 0 Å². The molecule has 0 saturated carbocycles. The molecule has 0 saturated heterocycles. The number of benzene rings is 2. The van der Waals surface area contributed by atoms with Gasteiger partial charge in [0.2, 0.25) is 5.89 Å². The van der Waals surface area contributed by atoms with Crippen LogP contribution in [0.15, 0.2) is 59.0 Å². The first-order valence-corrected chi connectivity index (χ1v) is 12.6. The quantitative estimate of drug-likeness (QED) is 0.0861. The van der Waals surface area contributed by atoms with Gasteiger partial charge in [-0.25, -0.2) is 28.6 Å². The lowest BCUT2D eigenvalue weighted by atomic mass is 10.1. The number of alkyl halides is 3. The molecule has 0 aliphatic carbocycles. The molecular formula is C28H21F5N4O8. The highest BCUT2D eigenvalue weighted by molar-refractivity contribution is 5.98. The molecule has 2 aromatic carbocycles. The van der Waals surface area contributed by atoms with Gasteiger partial charge in [-0.3, -0.25) is 14.8 Å². The second kappa shape index (κ2) is 13.1. The number of aromatic nitrogens is 2. The molecule has 2 amide bonds. The maximum Gasteiger partial charge on any atom is 0.433 e. The number of pyridine rings is 1. The molecule has 12 nitrogen and oxygen atoms in total. The van der Waals surface area contributed by atoms with E-state index in [4.69, 9.17) is 14.3 Å². The highest BCUT2D eigenvalue weighted by Gasteiger charge is 2.35. The summed E-state index contributed by atoms with van der Waals surface area (Å²) in [6.07, 6.45) is -3.97. The van der Waals surface area contributed by atoms with Crippen molar-refractivity contribution in [3.8, 4) is 17.2 Å². The van der Waals surface area contributed by atoms with E-state index in [-0.39, 0.29) is 32.8 Å². The summed E-state index contributed by atoms with van der Waals surface area (Å²) in [5, 5.41) is 31.5. The number of ether oxygens (including phenoxy) is 1. The maximum atomic E-state index is 14.2. The molecule has 4 rings (SSSR count). The molecule has 2 aromatic heterocycles. The summed E-state index contributed by atoms with van der Waals surface area (Å²) in [5.41, 5.74) is -2.34. The fraction of sp³-hybridized carbons (Fsp3) is 0.179. The van der Waals surface area contributed by atoms with Crippen LogP contribution in [0.5, 0.6) is 5.75 Å². The van der Waals surface area contributed by atoms with Gasteiger partial charge in [0.15, 0.2) is 11.5 Å². The Bertz CT molecular complexity index is 1810. The van der Waals surface area contributed by atoms with E-state index < -0.39 is 77.8 Å². The molecule has 0 aliphatic rings. The number of nitrogens with one attached hydrogen (secondary N) is 1. The number of aliphatic hydroxyl groups excluding tert-OH is 1. The molecule has 0 spiro atoms. The number of aliphatic hydroxyl groups is 1. The first-order valence-electron chi connectivity index (χ1n) is 12.6. The Balaban J connectivity index is 1.84. The number of rotatable bonds is 10. The number of hydrogen-bond acceptors (Lipinski definition) is 9. The molecule has 0 unspecified atom stereocenters. The van der Waals surface area contributed by atoms with Crippen molar-refractivity contribution >= 4 is 28.7 Å². The first-order chi connectivity index (χ1) is 21.2. The zero-order valence-electron chi connectivity index (χ0n) is 22.8. The van der Waals surface area contributed by atoms with Crippen molar-refractivity contribution in [2.75, 3.05) is 13.7 Å². The second-order valence-electron chi connectivity index (χ2n) is 9.11. The maximum absolute atomic E-state index is 14.2. The molecule has 4 N–H and O–H groups in total. The first kappa shape index (κ1) is 32.5. The number of nitrogens with zero attached hydrogens (tertiary/aromatic N) is 3. The number of fused-ring (bicyclic) bond motifs is 1. The van der Waals surface area contributed by atoms with E-state index in [0.29, 0.717) is 24.3 Å². The lowest BCUT2D eigenvalue weighted by Gasteiger charge is -2.21. The van der Waals surface area contributed by atoms with E-state index in [1.807, 2.05) is 0 Å². The summed E-state index contributed by atoms with van der Waals surface area (Å²) in [6, 6.07) is 4.99. The number of oxazole rings is 1. The van der Waals surface area contributed by atoms with E-state index in [9.17, 15) is 46.6 Å². The van der Waals surface area contributed by atoms with Crippen LogP contribution >= 0.6 is 0 Å². The Morgan fingerprint density at radius 3 is 2.44 bits per heavy atom. The number of methoxy groups -OCH3 is 1. The third-order valence-corrected chi connectivity index (χ3v) is 6.25. The molecule has 236 valence electrons. The number of carboxylic acid groups (broad SMARTS) is 1. The number of hydrogen-bond donors (Lipinski definition) is 4. The van der Waals surface area contributed by atoms with E-state index in [1.54, 1.807) is 0 Å². The minimum absolute atomic E-state index is 0.0114. The predicted octanol–water partition coefficient (Wildman–Crippen LogP) is 4.02. The molecule has 4 aromatic rings. The van der Waals surface area contributed by atoms with Gasteiger partial charge < -0.3 is 24.7 Å². The Morgan fingerprint density at radius 2 is 1.82 bits per heavy atom. The predicted molar refractivity (Wildman–Crippen MR) is 142 cm³/mol. The van der Waals surface area contributed by atoms with E-state index >= 15 is 0 Å². The van der Waals surface area contributed by atoms with E-state index in [1.165, 1.54) is 19.2 Å². The number of aliphatic carboxylic acids is 1. The Kier molecular flexibility index (Phi) is 9.43. The summed E-state index contributed by atoms with van der Waals surface area (Å²) in [6.45, 7) is -1.61. The van der Waals surface area contributed by atoms with Crippen LogP contribution in [-0.2, 0) is 22.3 Å². The third kappa shape index (κ3) is 7.05. The van der Waals surface area contributed by atoms with Gasteiger partial charge >= 0.3 is 12.1 Å². The normalized spacial score (nSPS) is 12.4. The highest BCUT2D eigenvalue weighted by atomic mass is 19.4. The Morgan fingerprint density at radius 1 is 1.09 bits per heavy atom. The Labute approximate surface area is 248 Å². The van der Waals surface area contributed by atoms with Gasteiger partial charge in [-0.05, 0) is 30.3 Å². The van der Waals surface area contributed by atoms with Crippen LogP contribution in [0.4, 0.5) is 22.0 Å². The summed E-state index contributed by atoms with van der Waals surface area (Å²) < 4.78 is 78.5. The summed E-state index contributed by atoms with van der Waals surface area (Å²) >= 11 is 0. The average Bonchev–Trinajstić information content (AvgIpc) is 3.43. The molecule has 0 radical (unpaired) electrons. The highest BCUT2D eigenvalue weighted by Crippen LogP contribution is 2.38. The zero-order valence-corrected chi connectivity index (χ0v) is 22.8. The number of amides is 2. The average molecular weight is 636 g/mol. The fourth-order valence-corrected chi connectivity index (χ4v) is 4.10. The van der Waals surface area contributed by atoms with Crippen molar-refractivity contribution in [3.05, 3.63) is 89.0 Å². The van der Waals surface area contributed by atoms with Gasteiger partial charge in [0.25, 0.3) is 11.8 Å². The number of carboxylic acids is 1. The van der Waals surface area contributed by atoms with Crippen molar-refractivity contribution in [1.82, 2.24) is 20.3 Å². The summed E-state index contributed by atoms with van der Waals surface area (Å²) in [4.78, 5) is 44.2. The second-order valence-corrected chi connectivity index (χ2v) is 9.11. The molecule has 45 heavy (non-hydrogen) atoms. The monoisotopic (exact) mass is 636 g/mol. The molecule has 1 atom stereocenters. The van der Waals surface area contributed by atoms with Crippen molar-refractivity contribution < 1.29 is 60.9 Å². The molecule has 2 heterocycles. The number of carbonyl (C=O) groups is 3. The standard InChI is InChI=1S/C28H21F5N4O8/c1-44-19-6-4-16(15-5-7-20(28(31,32)33)35-23(15)19)27-36-24(26(42)34-11-13-2-3-14(29)10-17(13)30)25(45-27)18(12-38)37(43)21(39)8-9-22(40)41/h2-10,18,38,43H,11-12H2,1H3,(H,34,42)(H,40,41)/t18-/m0/s1. The molecule has 0 aliphatic heterocycles.